The fraction of sp³-hybridized carbons (Fsp3) is 0.353. The molecule has 0 aliphatic carbocycles. The second kappa shape index (κ2) is 7.16. The van der Waals surface area contributed by atoms with Crippen LogP contribution in [0.5, 0.6) is 11.5 Å². The van der Waals surface area contributed by atoms with Gasteiger partial charge in [0, 0.05) is 19.4 Å². The van der Waals surface area contributed by atoms with Gasteiger partial charge in [0.25, 0.3) is 0 Å². The predicted molar refractivity (Wildman–Crippen MR) is 89.3 cm³/mol. The Labute approximate surface area is 140 Å². The summed E-state index contributed by atoms with van der Waals surface area (Å²) in [4.78, 5) is 22.2. The Kier molecular flexibility index (Phi) is 4.79. The number of anilines is 1. The number of ether oxygens (including phenoxy) is 2. The first-order valence-corrected chi connectivity index (χ1v) is 7.79. The number of hydrogen-bond donors (Lipinski definition) is 1. The average molecular weight is 328 g/mol. The van der Waals surface area contributed by atoms with Gasteiger partial charge in [-0.3, -0.25) is 9.78 Å². The van der Waals surface area contributed by atoms with Gasteiger partial charge >= 0.3 is 0 Å². The predicted octanol–water partition coefficient (Wildman–Crippen LogP) is 1.56. The molecule has 7 heteroatoms. The number of nitrogens with one attached hydrogen (secondary N) is 1. The fourth-order valence-electron chi connectivity index (χ4n) is 2.48. The van der Waals surface area contributed by atoms with Crippen molar-refractivity contribution in [3.05, 3.63) is 42.4 Å². The largest absolute Gasteiger partial charge is 0.486 e. The van der Waals surface area contributed by atoms with Gasteiger partial charge in [0.1, 0.15) is 19.0 Å². The van der Waals surface area contributed by atoms with E-state index in [4.69, 9.17) is 9.47 Å². The molecule has 0 saturated heterocycles. The summed E-state index contributed by atoms with van der Waals surface area (Å²) in [5, 5.41) is 2.98. The third-order valence-corrected chi connectivity index (χ3v) is 3.77. The van der Waals surface area contributed by atoms with E-state index in [1.165, 1.54) is 0 Å². The summed E-state index contributed by atoms with van der Waals surface area (Å²) in [5.74, 6) is 2.02. The average Bonchev–Trinajstić information content (AvgIpc) is 2.61. The van der Waals surface area contributed by atoms with Crippen LogP contribution < -0.4 is 19.7 Å². The molecule has 1 aliphatic rings. The lowest BCUT2D eigenvalue weighted by Gasteiger charge is -2.22. The van der Waals surface area contributed by atoms with Gasteiger partial charge in [0.05, 0.1) is 18.8 Å². The van der Waals surface area contributed by atoms with Gasteiger partial charge in [-0.05, 0) is 24.6 Å². The minimum atomic E-state index is -0.136. The van der Waals surface area contributed by atoms with Crippen molar-refractivity contribution in [2.75, 3.05) is 31.7 Å². The van der Waals surface area contributed by atoms with E-state index in [0.717, 1.165) is 17.1 Å². The molecule has 24 heavy (non-hydrogen) atoms. The van der Waals surface area contributed by atoms with Gasteiger partial charge in [0.2, 0.25) is 5.91 Å². The van der Waals surface area contributed by atoms with Crippen LogP contribution in [-0.2, 0) is 4.79 Å². The molecule has 1 aliphatic heterocycles. The van der Waals surface area contributed by atoms with Crippen molar-refractivity contribution in [1.29, 1.82) is 0 Å². The maximum Gasteiger partial charge on any atom is 0.240 e. The summed E-state index contributed by atoms with van der Waals surface area (Å²) in [7, 11) is 1.80. The molecule has 1 unspecified atom stereocenters. The molecule has 1 aromatic carbocycles. The highest BCUT2D eigenvalue weighted by Gasteiger charge is 2.16. The zero-order valence-corrected chi connectivity index (χ0v) is 13.7. The molecule has 7 nitrogen and oxygen atoms in total. The smallest absolute Gasteiger partial charge is 0.240 e. The second-order valence-corrected chi connectivity index (χ2v) is 5.61. The Morgan fingerprint density at radius 3 is 2.83 bits per heavy atom. The number of hydrogen-bond acceptors (Lipinski definition) is 6. The maximum atomic E-state index is 12.2. The second-order valence-electron chi connectivity index (χ2n) is 5.61. The van der Waals surface area contributed by atoms with Crippen LogP contribution in [0.15, 0.2) is 36.8 Å². The molecule has 0 spiro atoms. The van der Waals surface area contributed by atoms with E-state index in [9.17, 15) is 4.79 Å². The van der Waals surface area contributed by atoms with E-state index >= 15 is 0 Å². The van der Waals surface area contributed by atoms with Crippen LogP contribution in [-0.4, -0.2) is 42.7 Å². The van der Waals surface area contributed by atoms with Crippen LogP contribution in [0.3, 0.4) is 0 Å². The summed E-state index contributed by atoms with van der Waals surface area (Å²) >= 11 is 0. The minimum Gasteiger partial charge on any atom is -0.486 e. The van der Waals surface area contributed by atoms with Gasteiger partial charge in [0.15, 0.2) is 11.5 Å². The quantitative estimate of drug-likeness (QED) is 0.898. The number of fused-ring (bicyclic) bond motifs is 1. The summed E-state index contributed by atoms with van der Waals surface area (Å²) in [5.41, 5.74) is 0.967. The van der Waals surface area contributed by atoms with Crippen LogP contribution in [0.4, 0.5) is 5.82 Å². The van der Waals surface area contributed by atoms with E-state index < -0.39 is 0 Å². The topological polar surface area (TPSA) is 76.6 Å². The third-order valence-electron chi connectivity index (χ3n) is 3.77. The molecule has 0 bridgehead atoms. The highest BCUT2D eigenvalue weighted by Crippen LogP contribution is 2.32. The van der Waals surface area contributed by atoms with Gasteiger partial charge in [-0.25, -0.2) is 4.98 Å². The zero-order valence-electron chi connectivity index (χ0n) is 13.7. The Morgan fingerprint density at radius 1 is 1.29 bits per heavy atom. The molecule has 1 N–H and O–H groups in total. The summed E-state index contributed by atoms with van der Waals surface area (Å²) in [6.07, 6.45) is 4.82. The molecule has 126 valence electrons. The number of likely N-dealkylation sites (N-methyl/N-ethyl adjacent to an activating group) is 1. The first kappa shape index (κ1) is 16.0. The van der Waals surface area contributed by atoms with Crippen LogP contribution in [0.25, 0.3) is 0 Å². The van der Waals surface area contributed by atoms with Crippen molar-refractivity contribution in [2.24, 2.45) is 0 Å². The van der Waals surface area contributed by atoms with E-state index in [-0.39, 0.29) is 18.5 Å². The lowest BCUT2D eigenvalue weighted by Crippen LogP contribution is -2.36. The molecular weight excluding hydrogens is 308 g/mol. The molecule has 1 atom stereocenters. The van der Waals surface area contributed by atoms with E-state index in [1.807, 2.05) is 25.1 Å². The van der Waals surface area contributed by atoms with Crippen molar-refractivity contribution in [1.82, 2.24) is 15.3 Å². The standard InChI is InChI=1S/C17H20N4O3/c1-12(13-3-4-14-15(9-13)24-8-7-23-14)20-17(22)11-21(2)16-10-18-5-6-19-16/h3-6,9-10,12H,7-8,11H2,1-2H3,(H,20,22). The molecule has 2 aromatic rings. The van der Waals surface area contributed by atoms with Crippen LogP contribution >= 0.6 is 0 Å². The van der Waals surface area contributed by atoms with E-state index in [2.05, 4.69) is 15.3 Å². The van der Waals surface area contributed by atoms with E-state index in [1.54, 1.807) is 30.5 Å². The fourth-order valence-corrected chi connectivity index (χ4v) is 2.48. The highest BCUT2D eigenvalue weighted by atomic mass is 16.6. The maximum absolute atomic E-state index is 12.2. The molecule has 0 radical (unpaired) electrons. The Morgan fingerprint density at radius 2 is 2.08 bits per heavy atom. The highest BCUT2D eigenvalue weighted by molar-refractivity contribution is 5.81. The van der Waals surface area contributed by atoms with Gasteiger partial charge < -0.3 is 19.7 Å². The van der Waals surface area contributed by atoms with Gasteiger partial charge in [-0.2, -0.15) is 0 Å². The number of aromatic nitrogens is 2. The number of rotatable bonds is 5. The summed E-state index contributed by atoms with van der Waals surface area (Å²) in [6, 6.07) is 5.58. The number of amides is 1. The van der Waals surface area contributed by atoms with E-state index in [0.29, 0.717) is 19.0 Å². The van der Waals surface area contributed by atoms with Crippen molar-refractivity contribution in [3.63, 3.8) is 0 Å². The third kappa shape index (κ3) is 3.73. The lowest BCUT2D eigenvalue weighted by molar-refractivity contribution is -0.120. The zero-order chi connectivity index (χ0) is 16.9. The normalized spacial score (nSPS) is 13.9. The molecule has 3 rings (SSSR count). The Bertz CT molecular complexity index is 708. The van der Waals surface area contributed by atoms with Crippen molar-refractivity contribution in [2.45, 2.75) is 13.0 Å². The molecule has 1 amide bonds. The molecule has 0 fully saturated rings. The van der Waals surface area contributed by atoms with Crippen molar-refractivity contribution >= 4 is 11.7 Å². The molecule has 2 heterocycles. The van der Waals surface area contributed by atoms with Gasteiger partial charge in [-0.1, -0.05) is 6.07 Å². The monoisotopic (exact) mass is 328 g/mol. The van der Waals surface area contributed by atoms with Crippen molar-refractivity contribution in [3.8, 4) is 11.5 Å². The molecule has 0 saturated carbocycles. The molecule has 1 aromatic heterocycles. The summed E-state index contributed by atoms with van der Waals surface area (Å²) < 4.78 is 11.1. The Balaban J connectivity index is 1.60. The van der Waals surface area contributed by atoms with Crippen LogP contribution in [0, 0.1) is 0 Å². The Hall–Kier alpha value is -2.83. The first-order chi connectivity index (χ1) is 11.6. The number of nitrogens with zero attached hydrogens (tertiary/aromatic N) is 3. The van der Waals surface area contributed by atoms with Crippen LogP contribution in [0.2, 0.25) is 0 Å². The number of carbonyl (C=O) groups is 1. The number of benzene rings is 1. The summed E-state index contributed by atoms with van der Waals surface area (Å²) in [6.45, 7) is 3.24. The first-order valence-electron chi connectivity index (χ1n) is 7.79. The minimum absolute atomic E-state index is 0.0921. The molecular formula is C17H20N4O3. The van der Waals surface area contributed by atoms with Crippen LogP contribution in [0.1, 0.15) is 18.5 Å². The van der Waals surface area contributed by atoms with Crippen molar-refractivity contribution < 1.29 is 14.3 Å². The lowest BCUT2D eigenvalue weighted by atomic mass is 10.1. The van der Waals surface area contributed by atoms with Gasteiger partial charge in [-0.15, -0.1) is 0 Å². The number of carbonyl (C=O) groups excluding carboxylic acids is 1. The SMILES string of the molecule is CC(NC(=O)CN(C)c1cnccn1)c1ccc2c(c1)OCCO2.